The topological polar surface area (TPSA) is 60.9 Å². The zero-order valence-corrected chi connectivity index (χ0v) is 9.14. The lowest BCUT2D eigenvalue weighted by Crippen LogP contribution is -2.07. The Morgan fingerprint density at radius 3 is 3.00 bits per heavy atom. The van der Waals surface area contributed by atoms with Crippen LogP contribution in [0.25, 0.3) is 0 Å². The molecule has 1 aromatic heterocycles. The Labute approximate surface area is 94.3 Å². The summed E-state index contributed by atoms with van der Waals surface area (Å²) in [4.78, 5) is 0. The number of hydrogen-bond donors (Lipinski definition) is 3. The van der Waals surface area contributed by atoms with Crippen LogP contribution >= 0.6 is 0 Å². The second-order valence-corrected chi connectivity index (χ2v) is 3.74. The first kappa shape index (κ1) is 10.7. The molecular formula is C12H15N3O. The fraction of sp³-hybridized carbons (Fsp3) is 0.250. The molecule has 0 fully saturated rings. The first-order chi connectivity index (χ1) is 7.79. The average molecular weight is 217 g/mol. The maximum absolute atomic E-state index is 9.04. The van der Waals surface area contributed by atoms with Crippen molar-refractivity contribution in [2.45, 2.75) is 19.6 Å². The number of aliphatic hydroxyl groups excluding tert-OH is 1. The lowest BCUT2D eigenvalue weighted by Gasteiger charge is -2.14. The van der Waals surface area contributed by atoms with Gasteiger partial charge in [-0.25, -0.2) is 0 Å². The monoisotopic (exact) mass is 217 g/mol. The number of aromatic amines is 1. The summed E-state index contributed by atoms with van der Waals surface area (Å²) in [7, 11) is 0. The van der Waals surface area contributed by atoms with Gasteiger partial charge in [0.05, 0.1) is 18.3 Å². The van der Waals surface area contributed by atoms with E-state index < -0.39 is 0 Å². The minimum Gasteiger partial charge on any atom is -0.392 e. The van der Waals surface area contributed by atoms with Gasteiger partial charge in [-0.2, -0.15) is 5.10 Å². The van der Waals surface area contributed by atoms with Gasteiger partial charge in [0.1, 0.15) is 0 Å². The molecule has 16 heavy (non-hydrogen) atoms. The molecule has 0 saturated heterocycles. The average Bonchev–Trinajstić information content (AvgIpc) is 2.83. The van der Waals surface area contributed by atoms with Gasteiger partial charge in [-0.05, 0) is 30.7 Å². The highest BCUT2D eigenvalue weighted by Gasteiger charge is 2.06. The van der Waals surface area contributed by atoms with Gasteiger partial charge in [0.15, 0.2) is 0 Å². The van der Waals surface area contributed by atoms with Gasteiger partial charge in [0.2, 0.25) is 0 Å². The summed E-state index contributed by atoms with van der Waals surface area (Å²) in [5.41, 5.74) is 2.94. The van der Waals surface area contributed by atoms with E-state index in [1.54, 1.807) is 6.20 Å². The molecule has 1 atom stereocenters. The van der Waals surface area contributed by atoms with Gasteiger partial charge in [0.25, 0.3) is 0 Å². The molecular weight excluding hydrogens is 202 g/mol. The van der Waals surface area contributed by atoms with Crippen LogP contribution in [0.1, 0.15) is 24.2 Å². The third-order valence-electron chi connectivity index (χ3n) is 2.48. The summed E-state index contributed by atoms with van der Waals surface area (Å²) >= 11 is 0. The molecule has 0 saturated carbocycles. The minimum atomic E-state index is 0.0635. The molecule has 0 radical (unpaired) electrons. The number of nitrogens with zero attached hydrogens (tertiary/aromatic N) is 1. The van der Waals surface area contributed by atoms with Gasteiger partial charge in [0, 0.05) is 11.9 Å². The molecule has 0 aliphatic rings. The van der Waals surface area contributed by atoms with Crippen LogP contribution in [0.3, 0.4) is 0 Å². The van der Waals surface area contributed by atoms with E-state index in [0.29, 0.717) is 0 Å². The Bertz CT molecular complexity index is 439. The lowest BCUT2D eigenvalue weighted by atomic mass is 10.2. The van der Waals surface area contributed by atoms with Gasteiger partial charge >= 0.3 is 0 Å². The second kappa shape index (κ2) is 4.81. The summed E-state index contributed by atoms with van der Waals surface area (Å²) in [6.07, 6.45) is 1.73. The van der Waals surface area contributed by atoms with Gasteiger partial charge in [-0.15, -0.1) is 0 Å². The molecule has 3 N–H and O–H groups in total. The Morgan fingerprint density at radius 1 is 1.44 bits per heavy atom. The molecule has 0 amide bonds. The van der Waals surface area contributed by atoms with Gasteiger partial charge in [-0.3, -0.25) is 5.10 Å². The van der Waals surface area contributed by atoms with Crippen LogP contribution in [-0.2, 0) is 6.61 Å². The summed E-state index contributed by atoms with van der Waals surface area (Å²) in [6.45, 7) is 2.12. The van der Waals surface area contributed by atoms with Crippen LogP contribution in [0, 0.1) is 0 Å². The number of aliphatic hydroxyl groups is 1. The Morgan fingerprint density at radius 2 is 2.31 bits per heavy atom. The molecule has 4 heteroatoms. The molecule has 0 spiro atoms. The third-order valence-corrected chi connectivity index (χ3v) is 2.48. The van der Waals surface area contributed by atoms with E-state index in [1.165, 1.54) is 0 Å². The van der Waals surface area contributed by atoms with Crippen molar-refractivity contribution in [1.29, 1.82) is 0 Å². The number of hydrogen-bond acceptors (Lipinski definition) is 3. The number of rotatable bonds is 4. The van der Waals surface area contributed by atoms with Crippen LogP contribution in [0.4, 0.5) is 5.69 Å². The summed E-state index contributed by atoms with van der Waals surface area (Å²) < 4.78 is 0. The van der Waals surface area contributed by atoms with E-state index in [-0.39, 0.29) is 12.6 Å². The van der Waals surface area contributed by atoms with Crippen molar-refractivity contribution >= 4 is 5.69 Å². The van der Waals surface area contributed by atoms with Crippen molar-refractivity contribution < 1.29 is 5.11 Å². The van der Waals surface area contributed by atoms with E-state index in [0.717, 1.165) is 16.9 Å². The Balaban J connectivity index is 2.08. The van der Waals surface area contributed by atoms with E-state index in [2.05, 4.69) is 22.4 Å². The van der Waals surface area contributed by atoms with Crippen LogP contribution in [-0.4, -0.2) is 15.3 Å². The smallest absolute Gasteiger partial charge is 0.0682 e. The molecule has 1 aromatic carbocycles. The van der Waals surface area contributed by atoms with Crippen molar-refractivity contribution in [3.63, 3.8) is 0 Å². The van der Waals surface area contributed by atoms with Crippen LogP contribution in [0.2, 0.25) is 0 Å². The molecule has 1 heterocycles. The normalized spacial score (nSPS) is 12.4. The zero-order valence-electron chi connectivity index (χ0n) is 9.14. The molecule has 1 unspecified atom stereocenters. The first-order valence-corrected chi connectivity index (χ1v) is 5.25. The minimum absolute atomic E-state index is 0.0635. The largest absolute Gasteiger partial charge is 0.392 e. The number of nitrogens with one attached hydrogen (secondary N) is 2. The van der Waals surface area contributed by atoms with Crippen molar-refractivity contribution in [2.24, 2.45) is 0 Å². The molecule has 2 aromatic rings. The van der Waals surface area contributed by atoms with Crippen molar-refractivity contribution in [1.82, 2.24) is 10.2 Å². The summed E-state index contributed by atoms with van der Waals surface area (Å²) in [5, 5.41) is 19.2. The zero-order chi connectivity index (χ0) is 11.4. The SMILES string of the molecule is CC(Nc1cccc(CO)c1)c1ccn[nH]1. The highest BCUT2D eigenvalue weighted by Crippen LogP contribution is 2.18. The first-order valence-electron chi connectivity index (χ1n) is 5.25. The molecule has 84 valence electrons. The van der Waals surface area contributed by atoms with Gasteiger partial charge < -0.3 is 10.4 Å². The number of anilines is 1. The van der Waals surface area contributed by atoms with E-state index in [9.17, 15) is 0 Å². The Kier molecular flexibility index (Phi) is 3.22. The Hall–Kier alpha value is -1.81. The molecule has 4 nitrogen and oxygen atoms in total. The predicted molar refractivity (Wildman–Crippen MR) is 63.0 cm³/mol. The molecule has 2 rings (SSSR count). The maximum atomic E-state index is 9.04. The van der Waals surface area contributed by atoms with Crippen molar-refractivity contribution in [2.75, 3.05) is 5.32 Å². The number of benzene rings is 1. The van der Waals surface area contributed by atoms with Gasteiger partial charge in [-0.1, -0.05) is 12.1 Å². The highest BCUT2D eigenvalue weighted by atomic mass is 16.3. The molecule has 0 aliphatic heterocycles. The highest BCUT2D eigenvalue weighted by molar-refractivity contribution is 5.47. The predicted octanol–water partition coefficient (Wildman–Crippen LogP) is 2.08. The van der Waals surface area contributed by atoms with Crippen molar-refractivity contribution in [3.8, 4) is 0 Å². The van der Waals surface area contributed by atoms with Crippen LogP contribution < -0.4 is 5.32 Å². The van der Waals surface area contributed by atoms with Crippen molar-refractivity contribution in [3.05, 3.63) is 47.8 Å². The summed E-state index contributed by atoms with van der Waals surface area (Å²) in [6, 6.07) is 9.84. The van der Waals surface area contributed by atoms with Crippen LogP contribution in [0.15, 0.2) is 36.5 Å². The standard InChI is InChI=1S/C12H15N3O/c1-9(12-5-6-13-15-12)14-11-4-2-3-10(7-11)8-16/h2-7,9,14,16H,8H2,1H3,(H,13,15). The maximum Gasteiger partial charge on any atom is 0.0682 e. The van der Waals surface area contributed by atoms with E-state index in [4.69, 9.17) is 5.11 Å². The fourth-order valence-electron chi connectivity index (χ4n) is 1.60. The lowest BCUT2D eigenvalue weighted by molar-refractivity contribution is 0.282. The summed E-state index contributed by atoms with van der Waals surface area (Å²) in [5.74, 6) is 0. The quantitative estimate of drug-likeness (QED) is 0.734. The van der Waals surface area contributed by atoms with E-state index in [1.807, 2.05) is 30.3 Å². The third kappa shape index (κ3) is 2.41. The van der Waals surface area contributed by atoms with Crippen LogP contribution in [0.5, 0.6) is 0 Å². The fourth-order valence-corrected chi connectivity index (χ4v) is 1.60. The number of aromatic nitrogens is 2. The molecule has 0 bridgehead atoms. The van der Waals surface area contributed by atoms with E-state index >= 15 is 0 Å². The molecule has 0 aliphatic carbocycles. The number of H-pyrrole nitrogens is 1. The second-order valence-electron chi connectivity index (χ2n) is 3.74.